The molecule has 3 N–H and O–H groups in total. The van der Waals surface area contributed by atoms with E-state index in [9.17, 15) is 4.79 Å². The van der Waals surface area contributed by atoms with Crippen molar-refractivity contribution in [2.75, 3.05) is 10.6 Å². The van der Waals surface area contributed by atoms with Crippen molar-refractivity contribution in [2.24, 2.45) is 0 Å². The zero-order chi connectivity index (χ0) is 24.7. The van der Waals surface area contributed by atoms with E-state index >= 15 is 0 Å². The summed E-state index contributed by atoms with van der Waals surface area (Å²) < 4.78 is 0. The Bertz CT molecular complexity index is 1500. The zero-order valence-electron chi connectivity index (χ0n) is 20.2. The fraction of sp³-hybridized carbons (Fsp3) is 0.0968. The highest BCUT2D eigenvalue weighted by Gasteiger charge is 2.07. The Balaban J connectivity index is 1.22. The molecule has 0 spiro atoms. The molecule has 0 atom stereocenters. The molecule has 1 aromatic heterocycles. The smallest absolute Gasteiger partial charge is 0.224 e. The highest BCUT2D eigenvalue weighted by atomic mass is 16.1. The molecule has 36 heavy (non-hydrogen) atoms. The number of fused-ring (bicyclic) bond motifs is 1. The van der Waals surface area contributed by atoms with Crippen LogP contribution >= 0.6 is 0 Å². The molecule has 1 amide bonds. The molecule has 0 aliphatic heterocycles. The van der Waals surface area contributed by atoms with Crippen molar-refractivity contribution >= 4 is 46.0 Å². The van der Waals surface area contributed by atoms with Gasteiger partial charge in [0.05, 0.1) is 11.2 Å². The molecule has 4 aromatic carbocycles. The topological polar surface area (TPSA) is 69.8 Å². The quantitative estimate of drug-likeness (QED) is 0.221. The van der Waals surface area contributed by atoms with E-state index < -0.39 is 0 Å². The number of rotatable bonds is 8. The van der Waals surface area contributed by atoms with Gasteiger partial charge in [-0.15, -0.1) is 0 Å². The summed E-state index contributed by atoms with van der Waals surface area (Å²) in [7, 11) is 0. The number of anilines is 3. The third-order valence-corrected chi connectivity index (χ3v) is 6.02. The van der Waals surface area contributed by atoms with E-state index in [1.807, 2.05) is 60.7 Å². The summed E-state index contributed by atoms with van der Waals surface area (Å²) in [6, 6.07) is 32.4. The summed E-state index contributed by atoms with van der Waals surface area (Å²) in [5.41, 5.74) is 7.98. The molecule has 0 unspecified atom stereocenters. The normalized spacial score (nSPS) is 11.1. The van der Waals surface area contributed by atoms with Crippen LogP contribution in [0.5, 0.6) is 0 Å². The van der Waals surface area contributed by atoms with Crippen LogP contribution in [0, 0.1) is 6.92 Å². The summed E-state index contributed by atoms with van der Waals surface area (Å²) in [6.45, 7) is 2.06. The number of aromatic amines is 1. The third-order valence-electron chi connectivity index (χ3n) is 6.02. The number of H-pyrrole nitrogens is 1. The van der Waals surface area contributed by atoms with Crippen LogP contribution in [0.3, 0.4) is 0 Å². The molecule has 5 rings (SSSR count). The van der Waals surface area contributed by atoms with Crippen LogP contribution in [0.2, 0.25) is 0 Å². The van der Waals surface area contributed by atoms with Crippen molar-refractivity contribution in [3.63, 3.8) is 0 Å². The van der Waals surface area contributed by atoms with Gasteiger partial charge in [0, 0.05) is 28.9 Å². The first-order valence-electron chi connectivity index (χ1n) is 12.1. The number of aromatic nitrogens is 2. The average molecular weight is 473 g/mol. The van der Waals surface area contributed by atoms with E-state index in [0.717, 1.165) is 45.6 Å². The van der Waals surface area contributed by atoms with E-state index in [2.05, 4.69) is 76.3 Å². The number of aryl methyl sites for hydroxylation is 2. The lowest BCUT2D eigenvalue weighted by Gasteiger charge is -2.10. The van der Waals surface area contributed by atoms with Crippen molar-refractivity contribution in [1.82, 2.24) is 10.2 Å². The largest absolute Gasteiger partial charge is 0.355 e. The van der Waals surface area contributed by atoms with E-state index in [0.29, 0.717) is 6.42 Å². The summed E-state index contributed by atoms with van der Waals surface area (Å²) >= 11 is 0. The van der Waals surface area contributed by atoms with Gasteiger partial charge in [0.15, 0.2) is 0 Å². The number of carbonyl (C=O) groups is 1. The van der Waals surface area contributed by atoms with Crippen LogP contribution in [0.25, 0.3) is 23.1 Å². The van der Waals surface area contributed by atoms with Crippen LogP contribution < -0.4 is 10.6 Å². The van der Waals surface area contributed by atoms with E-state index in [-0.39, 0.29) is 5.91 Å². The first-order valence-corrected chi connectivity index (χ1v) is 12.1. The number of hydrogen-bond acceptors (Lipinski definition) is 3. The molecule has 0 saturated heterocycles. The number of hydrogen-bond donors (Lipinski definition) is 3. The predicted octanol–water partition coefficient (Wildman–Crippen LogP) is 7.36. The Kier molecular flexibility index (Phi) is 6.90. The van der Waals surface area contributed by atoms with Gasteiger partial charge in [-0.1, -0.05) is 72.3 Å². The Morgan fingerprint density at radius 2 is 1.61 bits per heavy atom. The molecular formula is C31H28N4O. The number of amides is 1. The van der Waals surface area contributed by atoms with Crippen LogP contribution in [0.15, 0.2) is 97.1 Å². The number of nitrogens with one attached hydrogen (secondary N) is 3. The first kappa shape index (κ1) is 23.1. The molecule has 5 nitrogen and oxygen atoms in total. The molecular weight excluding hydrogens is 444 g/mol. The molecule has 178 valence electrons. The number of nitrogens with zero attached hydrogens (tertiary/aromatic N) is 1. The predicted molar refractivity (Wildman–Crippen MR) is 149 cm³/mol. The maximum Gasteiger partial charge on any atom is 0.224 e. The van der Waals surface area contributed by atoms with Gasteiger partial charge < -0.3 is 10.6 Å². The zero-order valence-corrected chi connectivity index (χ0v) is 20.2. The summed E-state index contributed by atoms with van der Waals surface area (Å²) in [4.78, 5) is 12.5. The SMILES string of the molecule is Cc1ccc(CCC(=O)Nc2cccc(Nc3ccc4c(/C=C/c5ccccc5)n[nH]c4c3)c2)cc1. The highest BCUT2D eigenvalue weighted by molar-refractivity contribution is 5.93. The minimum absolute atomic E-state index is 0.00249. The Morgan fingerprint density at radius 1 is 0.833 bits per heavy atom. The molecule has 0 bridgehead atoms. The highest BCUT2D eigenvalue weighted by Crippen LogP contribution is 2.25. The lowest BCUT2D eigenvalue weighted by Crippen LogP contribution is -2.12. The van der Waals surface area contributed by atoms with E-state index in [1.54, 1.807) is 0 Å². The van der Waals surface area contributed by atoms with Crippen LogP contribution in [-0.4, -0.2) is 16.1 Å². The monoisotopic (exact) mass is 472 g/mol. The summed E-state index contributed by atoms with van der Waals surface area (Å²) in [5.74, 6) is 0.00249. The first-order chi connectivity index (χ1) is 17.6. The molecule has 0 saturated carbocycles. The van der Waals surface area contributed by atoms with Gasteiger partial charge >= 0.3 is 0 Å². The molecule has 1 heterocycles. The Hall–Kier alpha value is -4.64. The van der Waals surface area contributed by atoms with Gasteiger partial charge in [0.2, 0.25) is 5.91 Å². The van der Waals surface area contributed by atoms with Crippen LogP contribution in [-0.2, 0) is 11.2 Å². The fourth-order valence-electron chi connectivity index (χ4n) is 4.06. The minimum atomic E-state index is 0.00249. The average Bonchev–Trinajstić information content (AvgIpc) is 3.30. The molecule has 0 fully saturated rings. The van der Waals surface area contributed by atoms with Crippen molar-refractivity contribution in [2.45, 2.75) is 19.8 Å². The summed E-state index contributed by atoms with van der Waals surface area (Å²) in [6.07, 6.45) is 5.24. The molecule has 0 radical (unpaired) electrons. The number of benzene rings is 4. The molecule has 0 aliphatic carbocycles. The minimum Gasteiger partial charge on any atom is -0.355 e. The van der Waals surface area contributed by atoms with Gasteiger partial charge in [-0.2, -0.15) is 5.10 Å². The lowest BCUT2D eigenvalue weighted by molar-refractivity contribution is -0.116. The Morgan fingerprint density at radius 3 is 2.44 bits per heavy atom. The van der Waals surface area contributed by atoms with Crippen molar-refractivity contribution in [3.05, 3.63) is 119 Å². The second-order valence-electron chi connectivity index (χ2n) is 8.85. The lowest BCUT2D eigenvalue weighted by atomic mass is 10.1. The number of carbonyl (C=O) groups excluding carboxylic acids is 1. The van der Waals surface area contributed by atoms with Gasteiger partial charge in [-0.3, -0.25) is 9.89 Å². The van der Waals surface area contributed by atoms with Crippen molar-refractivity contribution in [3.8, 4) is 0 Å². The maximum atomic E-state index is 12.5. The maximum absolute atomic E-state index is 12.5. The molecule has 5 aromatic rings. The second-order valence-corrected chi connectivity index (χ2v) is 8.85. The third kappa shape index (κ3) is 5.88. The van der Waals surface area contributed by atoms with Gasteiger partial charge in [0.25, 0.3) is 0 Å². The van der Waals surface area contributed by atoms with Crippen molar-refractivity contribution in [1.29, 1.82) is 0 Å². The Labute approximate surface area is 210 Å². The molecule has 5 heteroatoms. The molecule has 0 aliphatic rings. The standard InChI is InChI=1S/C31H28N4O/c1-22-10-12-24(13-11-22)15-19-31(36)33-26-9-5-8-25(20-26)32-27-16-17-28-29(34-35-30(28)21-27)18-14-23-6-3-2-4-7-23/h2-14,16-18,20-21,32H,15,19H2,1H3,(H,33,36)(H,34,35)/b18-14+. The fourth-order valence-corrected chi connectivity index (χ4v) is 4.06. The summed E-state index contributed by atoms with van der Waals surface area (Å²) in [5, 5.41) is 15.1. The van der Waals surface area contributed by atoms with Gasteiger partial charge in [-0.05, 0) is 66.9 Å². The van der Waals surface area contributed by atoms with Gasteiger partial charge in [-0.25, -0.2) is 0 Å². The van der Waals surface area contributed by atoms with Crippen LogP contribution in [0.1, 0.15) is 28.8 Å². The van der Waals surface area contributed by atoms with Crippen molar-refractivity contribution < 1.29 is 4.79 Å². The second kappa shape index (κ2) is 10.7. The van der Waals surface area contributed by atoms with E-state index in [1.165, 1.54) is 11.1 Å². The van der Waals surface area contributed by atoms with E-state index in [4.69, 9.17) is 0 Å². The van der Waals surface area contributed by atoms with Crippen LogP contribution in [0.4, 0.5) is 17.1 Å². The van der Waals surface area contributed by atoms with Gasteiger partial charge in [0.1, 0.15) is 0 Å².